The monoisotopic (exact) mass is 557 g/mol. The number of carboxylic acid groups (broad SMARTS) is 1. The molecule has 1 aliphatic rings. The number of aryl methyl sites for hydroxylation is 1. The highest BCUT2D eigenvalue weighted by molar-refractivity contribution is 6.04. The van der Waals surface area contributed by atoms with Gasteiger partial charge in [0, 0.05) is 17.0 Å². The van der Waals surface area contributed by atoms with E-state index in [9.17, 15) is 32.7 Å². The molecule has 4 aromatic rings. The van der Waals surface area contributed by atoms with Gasteiger partial charge in [-0.05, 0) is 73.5 Å². The van der Waals surface area contributed by atoms with Gasteiger partial charge in [0.25, 0.3) is 5.91 Å². The van der Waals surface area contributed by atoms with Crippen molar-refractivity contribution in [2.75, 3.05) is 0 Å². The summed E-state index contributed by atoms with van der Waals surface area (Å²) in [7, 11) is 0. The zero-order valence-corrected chi connectivity index (χ0v) is 22.2. The fourth-order valence-corrected chi connectivity index (χ4v) is 5.97. The summed E-state index contributed by atoms with van der Waals surface area (Å²) < 4.78 is 42.3. The van der Waals surface area contributed by atoms with Crippen molar-refractivity contribution in [1.82, 2.24) is 4.90 Å². The summed E-state index contributed by atoms with van der Waals surface area (Å²) in [5.74, 6) is -6.86. The topological polar surface area (TPSA) is 74.7 Å². The Labute approximate surface area is 234 Å². The maximum Gasteiger partial charge on any atom is 0.330 e. The first-order chi connectivity index (χ1) is 19.5. The predicted molar refractivity (Wildman–Crippen MR) is 146 cm³/mol. The summed E-state index contributed by atoms with van der Waals surface area (Å²) >= 11 is 0. The van der Waals surface area contributed by atoms with E-state index in [-0.39, 0.29) is 5.56 Å². The van der Waals surface area contributed by atoms with Gasteiger partial charge in [-0.2, -0.15) is 0 Å². The lowest BCUT2D eigenvalue weighted by molar-refractivity contribution is -0.148. The number of hydrogen-bond acceptors (Lipinski definition) is 3. The smallest absolute Gasteiger partial charge is 0.330 e. The van der Waals surface area contributed by atoms with E-state index in [0.29, 0.717) is 16.7 Å². The van der Waals surface area contributed by atoms with E-state index >= 15 is 0 Å². The minimum atomic E-state index is -2.07. The van der Waals surface area contributed by atoms with Crippen molar-refractivity contribution >= 4 is 17.7 Å². The average Bonchev–Trinajstić information content (AvgIpc) is 3.23. The van der Waals surface area contributed by atoms with Crippen LogP contribution in [-0.2, 0) is 4.79 Å². The van der Waals surface area contributed by atoms with Crippen molar-refractivity contribution in [3.8, 4) is 0 Å². The Morgan fingerprint density at radius 2 is 1.29 bits per heavy atom. The molecule has 0 aliphatic carbocycles. The predicted octanol–water partition coefficient (Wildman–Crippen LogP) is 6.74. The maximum atomic E-state index is 14.4. The molecule has 208 valence electrons. The molecule has 0 bridgehead atoms. The van der Waals surface area contributed by atoms with Gasteiger partial charge >= 0.3 is 5.97 Å². The first-order valence-electron chi connectivity index (χ1n) is 13.0. The van der Waals surface area contributed by atoms with Gasteiger partial charge in [0.1, 0.15) is 23.0 Å². The second-order valence-corrected chi connectivity index (χ2v) is 10.4. The number of amides is 1. The molecule has 4 unspecified atom stereocenters. The number of Topliss-reactive ketones (excluding diaryl/α,β-unsaturated/α-hetero) is 1. The van der Waals surface area contributed by atoms with Gasteiger partial charge in [0.15, 0.2) is 5.78 Å². The Balaban J connectivity index is 1.83. The van der Waals surface area contributed by atoms with Gasteiger partial charge < -0.3 is 10.0 Å². The first kappa shape index (κ1) is 27.8. The molecule has 8 heteroatoms. The maximum absolute atomic E-state index is 14.4. The molecule has 4 atom stereocenters. The van der Waals surface area contributed by atoms with Crippen molar-refractivity contribution < 1.29 is 32.7 Å². The summed E-state index contributed by atoms with van der Waals surface area (Å²) in [6.45, 7) is 3.14. The normalized spacial score (nSPS) is 22.0. The molecule has 1 amide bonds. The number of benzene rings is 4. The lowest BCUT2D eigenvalue weighted by atomic mass is 9.71. The third-order valence-corrected chi connectivity index (χ3v) is 7.85. The third kappa shape index (κ3) is 4.90. The fraction of sp³-hybridized carbons (Fsp3) is 0.182. The molecule has 5 nitrogen and oxygen atoms in total. The first-order valence-corrected chi connectivity index (χ1v) is 13.0. The molecule has 1 fully saturated rings. The number of hydrogen-bond donors (Lipinski definition) is 1. The molecule has 1 aliphatic heterocycles. The van der Waals surface area contributed by atoms with Crippen LogP contribution in [0.15, 0.2) is 97.1 Å². The third-order valence-electron chi connectivity index (χ3n) is 7.85. The highest BCUT2D eigenvalue weighted by atomic mass is 19.1. The minimum absolute atomic E-state index is 0.119. The van der Waals surface area contributed by atoms with Gasteiger partial charge in [-0.3, -0.25) is 9.59 Å². The molecule has 0 radical (unpaired) electrons. The molecule has 1 N–H and O–H groups in total. The molecule has 0 saturated carbocycles. The fourth-order valence-electron chi connectivity index (χ4n) is 5.97. The van der Waals surface area contributed by atoms with Crippen molar-refractivity contribution in [2.24, 2.45) is 5.92 Å². The molecule has 41 heavy (non-hydrogen) atoms. The molecule has 0 aromatic heterocycles. The highest BCUT2D eigenvalue weighted by Crippen LogP contribution is 2.57. The number of halogens is 3. The van der Waals surface area contributed by atoms with Gasteiger partial charge in [0.05, 0.1) is 12.0 Å². The zero-order valence-electron chi connectivity index (χ0n) is 22.2. The molecule has 5 rings (SSSR count). The summed E-state index contributed by atoms with van der Waals surface area (Å²) in [6, 6.07) is 20.7. The van der Waals surface area contributed by atoms with Crippen LogP contribution in [0.5, 0.6) is 0 Å². The Bertz CT molecular complexity index is 1640. The lowest BCUT2D eigenvalue weighted by Crippen LogP contribution is -2.54. The number of likely N-dealkylation sites (tertiary alicyclic amines) is 1. The summed E-state index contributed by atoms with van der Waals surface area (Å²) in [6.07, 6.45) is 0. The molecular weight excluding hydrogens is 531 g/mol. The summed E-state index contributed by atoms with van der Waals surface area (Å²) in [4.78, 5) is 43.0. The summed E-state index contributed by atoms with van der Waals surface area (Å²) in [5, 5.41) is 10.8. The Morgan fingerprint density at radius 1 is 0.732 bits per heavy atom. The van der Waals surface area contributed by atoms with E-state index in [1.807, 2.05) is 13.0 Å². The second kappa shape index (κ2) is 10.7. The molecule has 4 aromatic carbocycles. The zero-order chi connectivity index (χ0) is 29.5. The lowest BCUT2D eigenvalue weighted by Gasteiger charge is -2.38. The minimum Gasteiger partial charge on any atom is -0.479 e. The molecule has 1 heterocycles. The Hall–Kier alpha value is -4.72. The van der Waals surface area contributed by atoms with Gasteiger partial charge in [-0.25, -0.2) is 18.0 Å². The summed E-state index contributed by atoms with van der Waals surface area (Å²) in [5.41, 5.74) is -0.458. The van der Waals surface area contributed by atoms with Crippen molar-refractivity contribution in [3.63, 3.8) is 0 Å². The van der Waals surface area contributed by atoms with Crippen LogP contribution >= 0.6 is 0 Å². The van der Waals surface area contributed by atoms with Crippen LogP contribution in [0, 0.1) is 30.3 Å². The Kier molecular flexibility index (Phi) is 7.26. The Morgan fingerprint density at radius 3 is 1.85 bits per heavy atom. The van der Waals surface area contributed by atoms with E-state index in [4.69, 9.17) is 0 Å². The van der Waals surface area contributed by atoms with E-state index in [1.54, 1.807) is 18.2 Å². The number of carbonyl (C=O) groups is 3. The second-order valence-electron chi connectivity index (χ2n) is 10.4. The van der Waals surface area contributed by atoms with Crippen LogP contribution in [0.4, 0.5) is 13.2 Å². The van der Waals surface area contributed by atoms with Crippen molar-refractivity contribution in [2.45, 2.75) is 31.3 Å². The van der Waals surface area contributed by atoms with E-state index < -0.39 is 58.5 Å². The van der Waals surface area contributed by atoms with E-state index in [2.05, 4.69) is 0 Å². The SMILES string of the molecule is Cc1cccc(C(=O)C2C(c3ccc(F)cc3)N(C(=O)c3cccc(F)c3)C(C)(C(=O)O)C2c2ccc(F)cc2)c1. The van der Waals surface area contributed by atoms with Crippen LogP contribution in [0.25, 0.3) is 0 Å². The van der Waals surface area contributed by atoms with Crippen LogP contribution < -0.4 is 0 Å². The van der Waals surface area contributed by atoms with Crippen molar-refractivity contribution in [3.05, 3.63) is 142 Å². The van der Waals surface area contributed by atoms with Crippen LogP contribution in [0.2, 0.25) is 0 Å². The molecule has 0 spiro atoms. The van der Waals surface area contributed by atoms with Gasteiger partial charge in [0.2, 0.25) is 0 Å². The van der Waals surface area contributed by atoms with Crippen molar-refractivity contribution in [1.29, 1.82) is 0 Å². The number of nitrogens with zero attached hydrogens (tertiary/aromatic N) is 1. The standard InChI is InChI=1S/C33H26F3NO4/c1-19-5-3-6-22(17-19)30(38)27-28(20-9-13-24(34)14-10-20)33(2,32(40)41)37(29(27)21-11-15-25(35)16-12-21)31(39)23-7-4-8-26(36)18-23/h3-18,27-29H,1-2H3,(H,40,41). The van der Waals surface area contributed by atoms with Crippen LogP contribution in [0.3, 0.4) is 0 Å². The highest BCUT2D eigenvalue weighted by Gasteiger charge is 2.65. The average molecular weight is 558 g/mol. The quantitative estimate of drug-likeness (QED) is 0.267. The van der Waals surface area contributed by atoms with Gasteiger partial charge in [-0.15, -0.1) is 0 Å². The van der Waals surface area contributed by atoms with Gasteiger partial charge in [-0.1, -0.05) is 54.1 Å². The van der Waals surface area contributed by atoms with Crippen LogP contribution in [-0.4, -0.2) is 33.2 Å². The number of aliphatic carboxylic acids is 1. The molecular formula is C33H26F3NO4. The largest absolute Gasteiger partial charge is 0.479 e. The number of carboxylic acids is 1. The molecule has 1 saturated heterocycles. The van der Waals surface area contributed by atoms with E-state index in [0.717, 1.165) is 46.9 Å². The van der Waals surface area contributed by atoms with E-state index in [1.165, 1.54) is 43.3 Å². The number of ketones is 1. The number of rotatable bonds is 6. The number of carbonyl (C=O) groups excluding carboxylic acids is 2. The van der Waals surface area contributed by atoms with Crippen LogP contribution in [0.1, 0.15) is 56.3 Å².